The van der Waals surface area contributed by atoms with E-state index in [2.05, 4.69) is 10.3 Å². The molecule has 2 aromatic rings. The van der Waals surface area contributed by atoms with Crippen molar-refractivity contribution in [2.45, 2.75) is 25.8 Å². The molecule has 2 N–H and O–H groups in total. The molecule has 1 aromatic carbocycles. The van der Waals surface area contributed by atoms with E-state index >= 15 is 0 Å². The summed E-state index contributed by atoms with van der Waals surface area (Å²) >= 11 is 1.26. The summed E-state index contributed by atoms with van der Waals surface area (Å²) in [4.78, 5) is 27.2. The molecule has 19 heavy (non-hydrogen) atoms. The van der Waals surface area contributed by atoms with E-state index in [9.17, 15) is 9.59 Å². The number of carboxylic acids is 1. The predicted octanol–water partition coefficient (Wildman–Crippen LogP) is 2.28. The number of carboxylic acid groups (broad SMARTS) is 1. The first-order valence-corrected chi connectivity index (χ1v) is 6.82. The number of carbonyl (C=O) groups excluding carboxylic acids is 1. The fraction of sp³-hybridized carbons (Fsp3) is 0.308. The molecule has 0 aliphatic carbocycles. The topological polar surface area (TPSA) is 79.3 Å². The van der Waals surface area contributed by atoms with Crippen LogP contribution in [0, 0.1) is 0 Å². The number of fused-ring (bicyclic) bond motifs is 1. The Morgan fingerprint density at radius 2 is 2.16 bits per heavy atom. The van der Waals surface area contributed by atoms with E-state index in [1.807, 2.05) is 31.2 Å². The molecule has 0 saturated heterocycles. The van der Waals surface area contributed by atoms with Gasteiger partial charge in [0.15, 0.2) is 5.01 Å². The molecule has 0 saturated carbocycles. The molecule has 1 amide bonds. The van der Waals surface area contributed by atoms with Crippen molar-refractivity contribution in [2.75, 3.05) is 0 Å². The van der Waals surface area contributed by atoms with E-state index in [1.54, 1.807) is 0 Å². The van der Waals surface area contributed by atoms with E-state index in [4.69, 9.17) is 5.11 Å². The summed E-state index contributed by atoms with van der Waals surface area (Å²) in [7, 11) is 0. The van der Waals surface area contributed by atoms with Gasteiger partial charge in [0.25, 0.3) is 5.91 Å². The molecular weight excluding hydrogens is 264 g/mol. The van der Waals surface area contributed by atoms with Gasteiger partial charge in [-0.15, -0.1) is 11.3 Å². The van der Waals surface area contributed by atoms with Gasteiger partial charge < -0.3 is 10.4 Å². The number of hydrogen-bond donors (Lipinski definition) is 2. The second-order valence-electron chi connectivity index (χ2n) is 4.14. The zero-order valence-corrected chi connectivity index (χ0v) is 11.2. The van der Waals surface area contributed by atoms with E-state index in [0.29, 0.717) is 17.8 Å². The molecule has 1 atom stereocenters. The highest BCUT2D eigenvalue weighted by Crippen LogP contribution is 2.21. The fourth-order valence-corrected chi connectivity index (χ4v) is 2.60. The minimum absolute atomic E-state index is 0.295. The zero-order valence-electron chi connectivity index (χ0n) is 10.4. The molecule has 6 heteroatoms. The lowest BCUT2D eigenvalue weighted by atomic mass is 10.2. The maximum atomic E-state index is 12.0. The smallest absolute Gasteiger partial charge is 0.326 e. The summed E-state index contributed by atoms with van der Waals surface area (Å²) in [5.74, 6) is -1.45. The molecular formula is C13H14N2O3S. The second-order valence-corrected chi connectivity index (χ2v) is 5.17. The van der Waals surface area contributed by atoms with Crippen LogP contribution in [0.1, 0.15) is 29.6 Å². The quantitative estimate of drug-likeness (QED) is 0.879. The normalized spacial score (nSPS) is 12.3. The number of thiazole rings is 1. The van der Waals surface area contributed by atoms with E-state index < -0.39 is 17.9 Å². The van der Waals surface area contributed by atoms with Crippen LogP contribution in [0.5, 0.6) is 0 Å². The number of carbonyl (C=O) groups is 2. The Bertz CT molecular complexity index is 576. The fourth-order valence-electron chi connectivity index (χ4n) is 1.74. The highest BCUT2D eigenvalue weighted by molar-refractivity contribution is 7.20. The number of aromatic nitrogens is 1. The molecule has 1 heterocycles. The summed E-state index contributed by atoms with van der Waals surface area (Å²) < 4.78 is 0.912. The lowest BCUT2D eigenvalue weighted by Crippen LogP contribution is -2.40. The molecule has 0 aliphatic rings. The Morgan fingerprint density at radius 3 is 2.79 bits per heavy atom. The SMILES string of the molecule is CCCC(NC(=O)c1nc2ccccc2s1)C(=O)O. The maximum Gasteiger partial charge on any atom is 0.326 e. The van der Waals surface area contributed by atoms with E-state index in [-0.39, 0.29) is 0 Å². The van der Waals surface area contributed by atoms with Crippen LogP contribution in [0.25, 0.3) is 10.2 Å². The lowest BCUT2D eigenvalue weighted by molar-refractivity contribution is -0.139. The molecule has 5 nitrogen and oxygen atoms in total. The zero-order chi connectivity index (χ0) is 13.8. The van der Waals surface area contributed by atoms with Crippen LogP contribution in [0.3, 0.4) is 0 Å². The Balaban J connectivity index is 2.16. The number of rotatable bonds is 5. The summed E-state index contributed by atoms with van der Waals surface area (Å²) in [6.07, 6.45) is 1.10. The Morgan fingerprint density at radius 1 is 1.42 bits per heavy atom. The third-order valence-electron chi connectivity index (χ3n) is 2.67. The number of nitrogens with zero attached hydrogens (tertiary/aromatic N) is 1. The molecule has 0 spiro atoms. The molecule has 1 aromatic heterocycles. The standard InChI is InChI=1S/C13H14N2O3S/c1-2-5-9(13(17)18)14-11(16)12-15-8-6-3-4-7-10(8)19-12/h3-4,6-7,9H,2,5H2,1H3,(H,14,16)(H,17,18). The first-order chi connectivity index (χ1) is 9.11. The van der Waals surface area contributed by atoms with Gasteiger partial charge in [-0.1, -0.05) is 25.5 Å². The number of para-hydroxylation sites is 1. The van der Waals surface area contributed by atoms with Crippen molar-refractivity contribution in [1.82, 2.24) is 10.3 Å². The van der Waals surface area contributed by atoms with Crippen molar-refractivity contribution < 1.29 is 14.7 Å². The van der Waals surface area contributed by atoms with Crippen LogP contribution in [0.4, 0.5) is 0 Å². The van der Waals surface area contributed by atoms with Gasteiger partial charge in [0.1, 0.15) is 6.04 Å². The van der Waals surface area contributed by atoms with Crippen LogP contribution < -0.4 is 5.32 Å². The first kappa shape index (κ1) is 13.5. The number of nitrogens with one attached hydrogen (secondary N) is 1. The van der Waals surface area contributed by atoms with Crippen LogP contribution >= 0.6 is 11.3 Å². The summed E-state index contributed by atoms with van der Waals surface area (Å²) in [5.41, 5.74) is 0.750. The third kappa shape index (κ3) is 3.08. The number of benzene rings is 1. The van der Waals surface area contributed by atoms with Gasteiger partial charge in [-0.2, -0.15) is 0 Å². The number of amides is 1. The van der Waals surface area contributed by atoms with E-state index in [1.165, 1.54) is 11.3 Å². The summed E-state index contributed by atoms with van der Waals surface area (Å²) in [5, 5.41) is 11.8. The van der Waals surface area contributed by atoms with Gasteiger partial charge in [-0.3, -0.25) is 4.79 Å². The highest BCUT2D eigenvalue weighted by atomic mass is 32.1. The molecule has 0 aliphatic heterocycles. The van der Waals surface area contributed by atoms with Gasteiger partial charge in [0.05, 0.1) is 10.2 Å². The summed E-state index contributed by atoms with van der Waals surface area (Å²) in [6, 6.07) is 6.57. The average Bonchev–Trinajstić information content (AvgIpc) is 2.81. The maximum absolute atomic E-state index is 12.0. The van der Waals surface area contributed by atoms with Gasteiger partial charge in [0.2, 0.25) is 0 Å². The Kier molecular flexibility index (Phi) is 4.11. The van der Waals surface area contributed by atoms with Gasteiger partial charge in [0, 0.05) is 0 Å². The van der Waals surface area contributed by atoms with Crippen molar-refractivity contribution in [1.29, 1.82) is 0 Å². The molecule has 1 unspecified atom stereocenters. The van der Waals surface area contributed by atoms with Crippen LogP contribution in [0.2, 0.25) is 0 Å². The van der Waals surface area contributed by atoms with Crippen molar-refractivity contribution in [2.24, 2.45) is 0 Å². The third-order valence-corrected chi connectivity index (χ3v) is 3.70. The number of hydrogen-bond acceptors (Lipinski definition) is 4. The number of aliphatic carboxylic acids is 1. The first-order valence-electron chi connectivity index (χ1n) is 6.01. The predicted molar refractivity (Wildman–Crippen MR) is 73.4 cm³/mol. The molecule has 0 fully saturated rings. The lowest BCUT2D eigenvalue weighted by Gasteiger charge is -2.11. The van der Waals surface area contributed by atoms with Crippen molar-refractivity contribution >= 4 is 33.4 Å². The second kappa shape index (κ2) is 5.79. The van der Waals surface area contributed by atoms with Gasteiger partial charge >= 0.3 is 5.97 Å². The molecule has 0 radical (unpaired) electrons. The van der Waals surface area contributed by atoms with Gasteiger partial charge in [-0.25, -0.2) is 9.78 Å². The monoisotopic (exact) mass is 278 g/mol. The summed E-state index contributed by atoms with van der Waals surface area (Å²) in [6.45, 7) is 1.87. The van der Waals surface area contributed by atoms with Crippen LogP contribution in [0.15, 0.2) is 24.3 Å². The molecule has 0 bridgehead atoms. The Hall–Kier alpha value is -1.95. The Labute approximate surface area is 114 Å². The van der Waals surface area contributed by atoms with Crippen molar-refractivity contribution in [3.63, 3.8) is 0 Å². The van der Waals surface area contributed by atoms with Crippen molar-refractivity contribution in [3.05, 3.63) is 29.3 Å². The highest BCUT2D eigenvalue weighted by Gasteiger charge is 2.21. The van der Waals surface area contributed by atoms with Crippen molar-refractivity contribution in [3.8, 4) is 0 Å². The van der Waals surface area contributed by atoms with E-state index in [0.717, 1.165) is 10.2 Å². The average molecular weight is 278 g/mol. The largest absolute Gasteiger partial charge is 0.480 e. The molecule has 100 valence electrons. The van der Waals surface area contributed by atoms with Crippen LogP contribution in [-0.4, -0.2) is 28.0 Å². The van der Waals surface area contributed by atoms with Gasteiger partial charge in [-0.05, 0) is 18.6 Å². The molecule has 2 rings (SSSR count). The van der Waals surface area contributed by atoms with Crippen LogP contribution in [-0.2, 0) is 4.79 Å². The minimum atomic E-state index is -1.02. The minimum Gasteiger partial charge on any atom is -0.480 e.